The van der Waals surface area contributed by atoms with E-state index in [1.54, 1.807) is 5.06 Å². The summed E-state index contributed by atoms with van der Waals surface area (Å²) < 4.78 is 0. The van der Waals surface area contributed by atoms with E-state index in [4.69, 9.17) is 4.84 Å². The Bertz CT molecular complexity index is 553. The second-order valence-electron chi connectivity index (χ2n) is 5.46. The van der Waals surface area contributed by atoms with Gasteiger partial charge in [-0.2, -0.15) is 0 Å². The van der Waals surface area contributed by atoms with Crippen molar-refractivity contribution in [1.82, 2.24) is 9.96 Å². The van der Waals surface area contributed by atoms with Crippen molar-refractivity contribution in [2.75, 3.05) is 18.4 Å². The van der Waals surface area contributed by atoms with E-state index in [1.165, 1.54) is 6.92 Å². The maximum Gasteiger partial charge on any atom is 0.322 e. The largest absolute Gasteiger partial charge is 0.368 e. The van der Waals surface area contributed by atoms with Gasteiger partial charge >= 0.3 is 12.0 Å². The Kier molecular flexibility index (Phi) is 3.79. The highest BCUT2D eigenvalue weighted by Crippen LogP contribution is 2.27. The molecule has 1 saturated heterocycles. The molecule has 112 valence electrons. The van der Waals surface area contributed by atoms with Gasteiger partial charge in [0.25, 0.3) is 0 Å². The van der Waals surface area contributed by atoms with Crippen LogP contribution in [0.4, 0.5) is 10.5 Å². The third kappa shape index (κ3) is 3.00. The average molecular weight is 289 g/mol. The lowest BCUT2D eigenvalue weighted by Gasteiger charge is -2.39. The van der Waals surface area contributed by atoms with Gasteiger partial charge in [-0.05, 0) is 24.5 Å². The van der Waals surface area contributed by atoms with E-state index in [1.807, 2.05) is 29.2 Å². The molecule has 0 aromatic heterocycles. The van der Waals surface area contributed by atoms with Crippen LogP contribution < -0.4 is 5.32 Å². The summed E-state index contributed by atoms with van der Waals surface area (Å²) in [4.78, 5) is 30.1. The first-order valence-electron chi connectivity index (χ1n) is 7.22. The van der Waals surface area contributed by atoms with E-state index in [2.05, 4.69) is 5.32 Å². The summed E-state index contributed by atoms with van der Waals surface area (Å²) >= 11 is 0. The topological polar surface area (TPSA) is 61.9 Å². The first-order valence-corrected chi connectivity index (χ1v) is 7.22. The molecule has 0 spiro atoms. The maximum absolute atomic E-state index is 12.2. The van der Waals surface area contributed by atoms with E-state index in [-0.39, 0.29) is 18.0 Å². The molecule has 2 aliphatic heterocycles. The molecule has 0 bridgehead atoms. The highest BCUT2D eigenvalue weighted by Gasteiger charge is 2.32. The number of piperidine rings is 1. The van der Waals surface area contributed by atoms with Gasteiger partial charge in [0.05, 0.1) is 0 Å². The first kappa shape index (κ1) is 13.9. The summed E-state index contributed by atoms with van der Waals surface area (Å²) in [5, 5.41) is 4.61. The molecule has 2 heterocycles. The lowest BCUT2D eigenvalue weighted by molar-refractivity contribution is -0.193. The number of hydrogen-bond acceptors (Lipinski definition) is 4. The van der Waals surface area contributed by atoms with Crippen LogP contribution in [0.3, 0.4) is 0 Å². The molecular formula is C15H19N3O3. The van der Waals surface area contributed by atoms with Crippen LogP contribution in [0.15, 0.2) is 24.3 Å². The van der Waals surface area contributed by atoms with Gasteiger partial charge in [0.2, 0.25) is 0 Å². The highest BCUT2D eigenvalue weighted by atomic mass is 16.7. The standard InChI is InChI=1S/C15H19N3O3/c1-11(19)21-17-8-6-13(7-9-17)18-10-12-4-2-3-5-14(12)16-15(18)20/h2-5,13H,6-10H2,1H3,(H,16,20). The van der Waals surface area contributed by atoms with Gasteiger partial charge < -0.3 is 15.1 Å². The Balaban J connectivity index is 1.64. The summed E-state index contributed by atoms with van der Waals surface area (Å²) in [5.74, 6) is -0.293. The van der Waals surface area contributed by atoms with Gasteiger partial charge in [-0.25, -0.2) is 4.79 Å². The van der Waals surface area contributed by atoms with Crippen molar-refractivity contribution in [3.05, 3.63) is 29.8 Å². The van der Waals surface area contributed by atoms with Crippen molar-refractivity contribution in [3.8, 4) is 0 Å². The van der Waals surface area contributed by atoms with Crippen LogP contribution in [0.2, 0.25) is 0 Å². The van der Waals surface area contributed by atoms with Gasteiger partial charge in [-0.1, -0.05) is 18.2 Å². The van der Waals surface area contributed by atoms with E-state index >= 15 is 0 Å². The first-order chi connectivity index (χ1) is 10.1. The van der Waals surface area contributed by atoms with Crippen LogP contribution in [0.25, 0.3) is 0 Å². The zero-order chi connectivity index (χ0) is 14.8. The minimum absolute atomic E-state index is 0.0420. The number of hydrogen-bond donors (Lipinski definition) is 1. The van der Waals surface area contributed by atoms with Gasteiger partial charge in [0.15, 0.2) is 0 Å². The molecule has 0 aliphatic carbocycles. The number of hydroxylamine groups is 2. The predicted molar refractivity (Wildman–Crippen MR) is 77.4 cm³/mol. The molecule has 1 aromatic carbocycles. The number of para-hydroxylation sites is 1. The fourth-order valence-corrected chi connectivity index (χ4v) is 2.94. The van der Waals surface area contributed by atoms with Crippen molar-refractivity contribution < 1.29 is 14.4 Å². The van der Waals surface area contributed by atoms with Crippen molar-refractivity contribution in [3.63, 3.8) is 0 Å². The molecule has 1 aromatic rings. The lowest BCUT2D eigenvalue weighted by Crippen LogP contribution is -2.50. The smallest absolute Gasteiger partial charge is 0.322 e. The van der Waals surface area contributed by atoms with Crippen LogP contribution in [-0.4, -0.2) is 41.1 Å². The van der Waals surface area contributed by atoms with E-state index in [0.717, 1.165) is 24.1 Å². The molecular weight excluding hydrogens is 270 g/mol. The summed E-state index contributed by atoms with van der Waals surface area (Å²) in [6.45, 7) is 3.37. The third-order valence-corrected chi connectivity index (χ3v) is 3.98. The van der Waals surface area contributed by atoms with E-state index < -0.39 is 0 Å². The SMILES string of the molecule is CC(=O)ON1CCC(N2Cc3ccccc3NC2=O)CC1. The number of fused-ring (bicyclic) bond motifs is 1. The van der Waals surface area contributed by atoms with Crippen LogP contribution in [0, 0.1) is 0 Å². The Labute approximate surface area is 123 Å². The van der Waals surface area contributed by atoms with E-state index in [9.17, 15) is 9.59 Å². The van der Waals surface area contributed by atoms with Gasteiger partial charge in [0, 0.05) is 38.3 Å². The zero-order valence-corrected chi connectivity index (χ0v) is 12.0. The minimum atomic E-state index is -0.293. The maximum atomic E-state index is 12.2. The number of nitrogens with zero attached hydrogens (tertiary/aromatic N) is 2. The van der Waals surface area contributed by atoms with Gasteiger partial charge in [0.1, 0.15) is 0 Å². The number of nitrogens with one attached hydrogen (secondary N) is 1. The Morgan fingerprint density at radius 2 is 2.00 bits per heavy atom. The van der Waals surface area contributed by atoms with Crippen LogP contribution in [-0.2, 0) is 16.2 Å². The monoisotopic (exact) mass is 289 g/mol. The quantitative estimate of drug-likeness (QED) is 0.904. The second kappa shape index (κ2) is 5.73. The number of benzene rings is 1. The normalized spacial score (nSPS) is 19.9. The molecule has 6 heteroatoms. The fourth-order valence-electron chi connectivity index (χ4n) is 2.94. The number of carbonyl (C=O) groups excluding carboxylic acids is 2. The fraction of sp³-hybridized carbons (Fsp3) is 0.467. The average Bonchev–Trinajstić information content (AvgIpc) is 2.47. The summed E-state index contributed by atoms with van der Waals surface area (Å²) in [6, 6.07) is 8.01. The summed E-state index contributed by atoms with van der Waals surface area (Å²) in [5.41, 5.74) is 2.04. The lowest BCUT2D eigenvalue weighted by atomic mass is 10.0. The number of anilines is 1. The van der Waals surface area contributed by atoms with Crippen LogP contribution in [0.1, 0.15) is 25.3 Å². The zero-order valence-electron chi connectivity index (χ0n) is 12.0. The molecule has 0 radical (unpaired) electrons. The summed E-state index contributed by atoms with van der Waals surface area (Å²) in [7, 11) is 0. The van der Waals surface area contributed by atoms with Crippen molar-refractivity contribution >= 4 is 17.7 Å². The van der Waals surface area contributed by atoms with E-state index in [0.29, 0.717) is 19.6 Å². The predicted octanol–water partition coefficient (Wildman–Crippen LogP) is 1.98. The molecule has 2 aliphatic rings. The molecule has 3 rings (SSSR count). The van der Waals surface area contributed by atoms with Crippen molar-refractivity contribution in [2.24, 2.45) is 0 Å². The number of amides is 2. The number of urea groups is 1. The van der Waals surface area contributed by atoms with Crippen LogP contribution in [0.5, 0.6) is 0 Å². The number of carbonyl (C=O) groups is 2. The van der Waals surface area contributed by atoms with Crippen LogP contribution >= 0.6 is 0 Å². The van der Waals surface area contributed by atoms with Crippen molar-refractivity contribution in [2.45, 2.75) is 32.4 Å². The molecule has 0 atom stereocenters. The van der Waals surface area contributed by atoms with Crippen molar-refractivity contribution in [1.29, 1.82) is 0 Å². The molecule has 6 nitrogen and oxygen atoms in total. The molecule has 0 saturated carbocycles. The molecule has 2 amide bonds. The molecule has 21 heavy (non-hydrogen) atoms. The van der Waals surface area contributed by atoms with Gasteiger partial charge in [-0.15, -0.1) is 5.06 Å². The molecule has 1 fully saturated rings. The second-order valence-corrected chi connectivity index (χ2v) is 5.46. The minimum Gasteiger partial charge on any atom is -0.368 e. The third-order valence-electron chi connectivity index (χ3n) is 3.98. The Morgan fingerprint density at radius 3 is 2.71 bits per heavy atom. The summed E-state index contributed by atoms with van der Waals surface area (Å²) in [6.07, 6.45) is 1.62. The number of rotatable bonds is 2. The molecule has 0 unspecified atom stereocenters. The highest BCUT2D eigenvalue weighted by molar-refractivity contribution is 5.92. The van der Waals surface area contributed by atoms with Gasteiger partial charge in [-0.3, -0.25) is 4.79 Å². The Hall–Kier alpha value is -2.08. The molecule has 1 N–H and O–H groups in total. The Morgan fingerprint density at radius 1 is 1.29 bits per heavy atom.